The van der Waals surface area contributed by atoms with Crippen LogP contribution in [0.2, 0.25) is 0 Å². The van der Waals surface area contributed by atoms with Gasteiger partial charge < -0.3 is 0 Å². The molecule has 0 saturated heterocycles. The van der Waals surface area contributed by atoms with Crippen molar-refractivity contribution >= 4 is 15.9 Å². The predicted octanol–water partition coefficient (Wildman–Crippen LogP) is 1.05. The summed E-state index contributed by atoms with van der Waals surface area (Å²) in [6, 6.07) is 2.80. The van der Waals surface area contributed by atoms with Crippen molar-refractivity contribution in [3.8, 4) is 11.3 Å². The highest BCUT2D eigenvalue weighted by molar-refractivity contribution is 7.89. The van der Waals surface area contributed by atoms with E-state index in [-0.39, 0.29) is 16.8 Å². The molecular formula is C12H11F2N3O3S. The molecule has 0 aliphatic heterocycles. The molecule has 0 aliphatic rings. The minimum Gasteiger partial charge on any atom is -0.274 e. The number of halogens is 2. The van der Waals surface area contributed by atoms with E-state index in [4.69, 9.17) is 0 Å². The van der Waals surface area contributed by atoms with Crippen LogP contribution in [0.5, 0.6) is 0 Å². The molecule has 112 valence electrons. The van der Waals surface area contributed by atoms with E-state index in [1.54, 1.807) is 4.72 Å². The number of carbonyl (C=O) groups is 1. The van der Waals surface area contributed by atoms with E-state index < -0.39 is 27.6 Å². The van der Waals surface area contributed by atoms with Crippen LogP contribution in [0.1, 0.15) is 10.4 Å². The van der Waals surface area contributed by atoms with Crippen molar-refractivity contribution in [3.63, 3.8) is 0 Å². The number of aryl methyl sites for hydroxylation is 1. The van der Waals surface area contributed by atoms with Crippen LogP contribution in [0.3, 0.4) is 0 Å². The molecule has 1 heterocycles. The summed E-state index contributed by atoms with van der Waals surface area (Å²) in [7, 11) is -2.28. The Balaban J connectivity index is 2.53. The second kappa shape index (κ2) is 5.24. The molecule has 0 spiro atoms. The molecule has 0 fully saturated rings. The maximum Gasteiger partial charge on any atom is 0.268 e. The second-order valence-corrected chi connectivity index (χ2v) is 6.14. The maximum atomic E-state index is 13.8. The minimum absolute atomic E-state index is 0.0730. The molecule has 1 aromatic heterocycles. The summed E-state index contributed by atoms with van der Waals surface area (Å²) in [6.45, 7) is 0. The zero-order chi connectivity index (χ0) is 15.8. The molecule has 0 radical (unpaired) electrons. The molecule has 0 bridgehead atoms. The molecule has 0 saturated carbocycles. The van der Waals surface area contributed by atoms with Gasteiger partial charge in [0.05, 0.1) is 11.8 Å². The Morgan fingerprint density at radius 3 is 2.57 bits per heavy atom. The minimum atomic E-state index is -3.77. The van der Waals surface area contributed by atoms with Gasteiger partial charge in [0.2, 0.25) is 10.0 Å². The maximum absolute atomic E-state index is 13.8. The SMILES string of the molecule is Cn1cc(C(=O)NS(C)(=O)=O)c(-c2ccc(F)cc2F)n1. The first kappa shape index (κ1) is 15.1. The van der Waals surface area contributed by atoms with Crippen LogP contribution in [0.15, 0.2) is 24.4 Å². The first-order chi connectivity index (χ1) is 9.67. The number of nitrogens with one attached hydrogen (secondary N) is 1. The number of rotatable bonds is 3. The third-order valence-corrected chi connectivity index (χ3v) is 3.09. The lowest BCUT2D eigenvalue weighted by Crippen LogP contribution is -2.29. The highest BCUT2D eigenvalue weighted by Crippen LogP contribution is 2.25. The molecule has 1 amide bonds. The van der Waals surface area contributed by atoms with E-state index in [1.807, 2.05) is 0 Å². The Morgan fingerprint density at radius 2 is 2.00 bits per heavy atom. The fraction of sp³-hybridized carbons (Fsp3) is 0.167. The van der Waals surface area contributed by atoms with Crippen LogP contribution in [-0.4, -0.2) is 30.4 Å². The number of amides is 1. The Hall–Kier alpha value is -2.29. The van der Waals surface area contributed by atoms with Crippen molar-refractivity contribution in [2.45, 2.75) is 0 Å². The largest absolute Gasteiger partial charge is 0.274 e. The topological polar surface area (TPSA) is 81.1 Å². The zero-order valence-electron chi connectivity index (χ0n) is 11.1. The number of sulfonamides is 1. The highest BCUT2D eigenvalue weighted by Gasteiger charge is 2.21. The van der Waals surface area contributed by atoms with Gasteiger partial charge in [-0.15, -0.1) is 0 Å². The number of aromatic nitrogens is 2. The van der Waals surface area contributed by atoms with Gasteiger partial charge in [0.15, 0.2) is 0 Å². The van der Waals surface area contributed by atoms with Gasteiger partial charge in [-0.3, -0.25) is 9.48 Å². The Morgan fingerprint density at radius 1 is 1.33 bits per heavy atom. The van der Waals surface area contributed by atoms with Crippen molar-refractivity contribution in [1.29, 1.82) is 0 Å². The number of benzene rings is 1. The summed E-state index contributed by atoms with van der Waals surface area (Å²) < 4.78 is 51.9. The third-order valence-electron chi connectivity index (χ3n) is 2.54. The number of carbonyl (C=O) groups excluding carboxylic acids is 1. The first-order valence-electron chi connectivity index (χ1n) is 5.68. The van der Waals surface area contributed by atoms with Crippen LogP contribution < -0.4 is 4.72 Å². The molecule has 2 rings (SSSR count). The fourth-order valence-electron chi connectivity index (χ4n) is 1.76. The van der Waals surface area contributed by atoms with Crippen molar-refractivity contribution in [1.82, 2.24) is 14.5 Å². The van der Waals surface area contributed by atoms with Crippen LogP contribution in [0.25, 0.3) is 11.3 Å². The Kier molecular flexibility index (Phi) is 3.77. The van der Waals surface area contributed by atoms with Crippen LogP contribution in [0.4, 0.5) is 8.78 Å². The second-order valence-electron chi connectivity index (χ2n) is 4.39. The van der Waals surface area contributed by atoms with Crippen molar-refractivity contribution < 1.29 is 22.0 Å². The Bertz CT molecular complexity index is 815. The monoisotopic (exact) mass is 315 g/mol. The van der Waals surface area contributed by atoms with Gasteiger partial charge in [-0.2, -0.15) is 5.10 Å². The van der Waals surface area contributed by atoms with E-state index in [2.05, 4.69) is 5.10 Å². The normalized spacial score (nSPS) is 11.4. The molecule has 0 unspecified atom stereocenters. The van der Waals surface area contributed by atoms with Crippen molar-refractivity contribution in [2.24, 2.45) is 7.05 Å². The van der Waals surface area contributed by atoms with E-state index in [9.17, 15) is 22.0 Å². The Labute approximate surface area is 119 Å². The first-order valence-corrected chi connectivity index (χ1v) is 7.57. The van der Waals surface area contributed by atoms with E-state index in [0.29, 0.717) is 6.07 Å². The molecule has 1 N–H and O–H groups in total. The summed E-state index contributed by atoms with van der Waals surface area (Å²) in [4.78, 5) is 11.9. The van der Waals surface area contributed by atoms with Crippen LogP contribution >= 0.6 is 0 Å². The molecular weight excluding hydrogens is 304 g/mol. The van der Waals surface area contributed by atoms with Gasteiger partial charge in [0.1, 0.15) is 17.3 Å². The summed E-state index contributed by atoms with van der Waals surface area (Å²) in [5.74, 6) is -2.61. The van der Waals surface area contributed by atoms with Crippen molar-refractivity contribution in [2.75, 3.05) is 6.26 Å². The van der Waals surface area contributed by atoms with Gasteiger partial charge in [-0.1, -0.05) is 0 Å². The smallest absolute Gasteiger partial charge is 0.268 e. The highest BCUT2D eigenvalue weighted by atomic mass is 32.2. The summed E-state index contributed by atoms with van der Waals surface area (Å²) in [5, 5.41) is 3.92. The fourth-order valence-corrected chi connectivity index (χ4v) is 2.21. The number of hydrogen-bond acceptors (Lipinski definition) is 4. The van der Waals surface area contributed by atoms with Crippen LogP contribution in [0, 0.1) is 11.6 Å². The molecule has 2 aromatic rings. The van der Waals surface area contributed by atoms with E-state index in [0.717, 1.165) is 18.4 Å². The van der Waals surface area contributed by atoms with Crippen molar-refractivity contribution in [3.05, 3.63) is 41.6 Å². The summed E-state index contributed by atoms with van der Waals surface area (Å²) >= 11 is 0. The zero-order valence-corrected chi connectivity index (χ0v) is 11.9. The standard InChI is InChI=1S/C12H11F2N3O3S/c1-17-6-9(12(18)16-21(2,19)20)11(15-17)8-4-3-7(13)5-10(8)14/h3-6H,1-2H3,(H,16,18). The third kappa shape index (κ3) is 3.43. The van der Waals surface area contributed by atoms with Gasteiger partial charge >= 0.3 is 0 Å². The molecule has 0 aliphatic carbocycles. The average molecular weight is 315 g/mol. The van der Waals surface area contributed by atoms with E-state index in [1.165, 1.54) is 17.9 Å². The molecule has 9 heteroatoms. The molecule has 1 aromatic carbocycles. The number of hydrogen-bond donors (Lipinski definition) is 1. The van der Waals surface area contributed by atoms with Gasteiger partial charge in [-0.05, 0) is 12.1 Å². The quantitative estimate of drug-likeness (QED) is 0.918. The van der Waals surface area contributed by atoms with Gasteiger partial charge in [0.25, 0.3) is 5.91 Å². The van der Waals surface area contributed by atoms with Gasteiger partial charge in [-0.25, -0.2) is 21.9 Å². The lowest BCUT2D eigenvalue weighted by molar-refractivity contribution is 0.0982. The van der Waals surface area contributed by atoms with Crippen LogP contribution in [-0.2, 0) is 17.1 Å². The van der Waals surface area contributed by atoms with E-state index >= 15 is 0 Å². The van der Waals surface area contributed by atoms with Gasteiger partial charge in [0, 0.05) is 24.9 Å². The number of nitrogens with zero attached hydrogens (tertiary/aromatic N) is 2. The summed E-state index contributed by atoms with van der Waals surface area (Å²) in [6.07, 6.45) is 2.07. The summed E-state index contributed by atoms with van der Waals surface area (Å²) in [5.41, 5.74) is -0.305. The predicted molar refractivity (Wildman–Crippen MR) is 70.9 cm³/mol. The molecule has 6 nitrogen and oxygen atoms in total. The molecule has 21 heavy (non-hydrogen) atoms. The average Bonchev–Trinajstić information content (AvgIpc) is 2.69. The molecule has 0 atom stereocenters. The lowest BCUT2D eigenvalue weighted by Gasteiger charge is -2.04. The lowest BCUT2D eigenvalue weighted by atomic mass is 10.1.